The molecule has 1 aromatic carbocycles. The Bertz CT molecular complexity index is 330. The Labute approximate surface area is 83.1 Å². The molecule has 2 nitrogen and oxygen atoms in total. The molecule has 0 saturated carbocycles. The molecule has 1 rings (SSSR count). The van der Waals surface area contributed by atoms with Crippen LogP contribution < -0.4 is 5.32 Å². The summed E-state index contributed by atoms with van der Waals surface area (Å²) in [4.78, 5) is 11.8. The minimum Gasteiger partial charge on any atom is -0.308 e. The maximum atomic E-state index is 12.6. The van der Waals surface area contributed by atoms with Gasteiger partial charge in [0.15, 0.2) is 5.78 Å². The number of likely N-dealkylation sites (N-methyl/N-ethyl adjacent to an activating group) is 1. The predicted molar refractivity (Wildman–Crippen MR) is 53.9 cm³/mol. The Balaban J connectivity index is 2.96. The largest absolute Gasteiger partial charge is 0.308 e. The molecule has 0 heterocycles. The molecular formula is C11H14FNO. The van der Waals surface area contributed by atoms with Gasteiger partial charge in [0.1, 0.15) is 5.82 Å². The first-order valence-electron chi connectivity index (χ1n) is 4.46. The van der Waals surface area contributed by atoms with Crippen molar-refractivity contribution in [1.29, 1.82) is 0 Å². The number of hydrogen-bond acceptors (Lipinski definition) is 2. The lowest BCUT2D eigenvalue weighted by Crippen LogP contribution is -2.44. The number of ketones is 1. The zero-order valence-corrected chi connectivity index (χ0v) is 8.60. The van der Waals surface area contributed by atoms with E-state index in [4.69, 9.17) is 0 Å². The van der Waals surface area contributed by atoms with Crippen molar-refractivity contribution in [2.24, 2.45) is 0 Å². The Morgan fingerprint density at radius 1 is 1.29 bits per heavy atom. The minimum absolute atomic E-state index is 0.0417. The molecule has 0 amide bonds. The summed E-state index contributed by atoms with van der Waals surface area (Å²) in [5.41, 5.74) is -0.0941. The van der Waals surface area contributed by atoms with Crippen LogP contribution in [0.4, 0.5) is 4.39 Å². The van der Waals surface area contributed by atoms with Crippen molar-refractivity contribution in [3.05, 3.63) is 35.6 Å². The number of halogens is 1. The van der Waals surface area contributed by atoms with Crippen molar-refractivity contribution in [3.8, 4) is 0 Å². The summed E-state index contributed by atoms with van der Waals surface area (Å²) in [6, 6.07) is 5.57. The predicted octanol–water partition coefficient (Wildman–Crippen LogP) is 2.01. The number of Topliss-reactive ketones (excluding diaryl/α,β-unsaturated/α-hetero) is 1. The van der Waals surface area contributed by atoms with E-state index in [1.165, 1.54) is 24.3 Å². The van der Waals surface area contributed by atoms with E-state index in [1.54, 1.807) is 20.9 Å². The van der Waals surface area contributed by atoms with Crippen LogP contribution in [0.15, 0.2) is 24.3 Å². The van der Waals surface area contributed by atoms with Crippen molar-refractivity contribution in [1.82, 2.24) is 5.32 Å². The third kappa shape index (κ3) is 2.17. The van der Waals surface area contributed by atoms with E-state index in [9.17, 15) is 9.18 Å². The summed E-state index contributed by atoms with van der Waals surface area (Å²) in [6.07, 6.45) is 0. The van der Waals surface area contributed by atoms with Gasteiger partial charge in [-0.05, 0) is 45.2 Å². The molecule has 0 saturated heterocycles. The van der Waals surface area contributed by atoms with Gasteiger partial charge in [-0.25, -0.2) is 4.39 Å². The molecule has 1 aromatic rings. The van der Waals surface area contributed by atoms with Crippen molar-refractivity contribution < 1.29 is 9.18 Å². The van der Waals surface area contributed by atoms with Crippen LogP contribution in [0.3, 0.4) is 0 Å². The average molecular weight is 195 g/mol. The van der Waals surface area contributed by atoms with E-state index in [0.717, 1.165) is 0 Å². The van der Waals surface area contributed by atoms with Crippen molar-refractivity contribution in [2.45, 2.75) is 19.4 Å². The number of nitrogens with one attached hydrogen (secondary N) is 1. The van der Waals surface area contributed by atoms with Gasteiger partial charge in [0.2, 0.25) is 0 Å². The fourth-order valence-corrected chi connectivity index (χ4v) is 1.08. The molecule has 0 bridgehead atoms. The van der Waals surface area contributed by atoms with Crippen molar-refractivity contribution in [2.75, 3.05) is 7.05 Å². The van der Waals surface area contributed by atoms with E-state index in [0.29, 0.717) is 5.56 Å². The Morgan fingerprint density at radius 2 is 1.79 bits per heavy atom. The topological polar surface area (TPSA) is 29.1 Å². The summed E-state index contributed by atoms with van der Waals surface area (Å²) in [6.45, 7) is 3.58. The normalized spacial score (nSPS) is 11.4. The highest BCUT2D eigenvalue weighted by Gasteiger charge is 2.26. The summed E-state index contributed by atoms with van der Waals surface area (Å²) >= 11 is 0. The number of hydrogen-bond donors (Lipinski definition) is 1. The lowest BCUT2D eigenvalue weighted by molar-refractivity contribution is 0.0889. The van der Waals surface area contributed by atoms with E-state index in [-0.39, 0.29) is 11.6 Å². The van der Waals surface area contributed by atoms with Crippen molar-refractivity contribution >= 4 is 5.78 Å². The molecule has 0 atom stereocenters. The number of carbonyl (C=O) groups excluding carboxylic acids is 1. The Morgan fingerprint density at radius 3 is 2.21 bits per heavy atom. The van der Waals surface area contributed by atoms with E-state index in [2.05, 4.69) is 5.32 Å². The monoisotopic (exact) mass is 195 g/mol. The van der Waals surface area contributed by atoms with E-state index >= 15 is 0 Å². The highest BCUT2D eigenvalue weighted by molar-refractivity contribution is 6.02. The molecule has 0 aliphatic heterocycles. The first-order chi connectivity index (χ1) is 6.47. The summed E-state index contributed by atoms with van der Waals surface area (Å²) in [7, 11) is 1.72. The van der Waals surface area contributed by atoms with Crippen molar-refractivity contribution in [3.63, 3.8) is 0 Å². The number of benzene rings is 1. The molecule has 0 aliphatic rings. The lowest BCUT2D eigenvalue weighted by Gasteiger charge is -2.22. The SMILES string of the molecule is CNC(C)(C)C(=O)c1ccc(F)cc1. The molecule has 0 aliphatic carbocycles. The summed E-state index contributed by atoms with van der Waals surface area (Å²) in [5.74, 6) is -0.371. The summed E-state index contributed by atoms with van der Waals surface area (Å²) in [5, 5.41) is 2.91. The van der Waals surface area contributed by atoms with E-state index in [1.807, 2.05) is 0 Å². The Hall–Kier alpha value is -1.22. The second-order valence-corrected chi connectivity index (χ2v) is 3.71. The Kier molecular flexibility index (Phi) is 3.01. The van der Waals surface area contributed by atoms with Gasteiger partial charge < -0.3 is 5.32 Å². The molecule has 3 heteroatoms. The van der Waals surface area contributed by atoms with Crippen LogP contribution in [0, 0.1) is 5.82 Å². The minimum atomic E-state index is -0.613. The molecular weight excluding hydrogens is 181 g/mol. The van der Waals surface area contributed by atoms with Gasteiger partial charge in [0.05, 0.1) is 5.54 Å². The molecule has 0 aromatic heterocycles. The lowest BCUT2D eigenvalue weighted by atomic mass is 9.93. The molecule has 0 fully saturated rings. The maximum Gasteiger partial charge on any atom is 0.182 e. The average Bonchev–Trinajstić information content (AvgIpc) is 2.18. The quantitative estimate of drug-likeness (QED) is 0.747. The van der Waals surface area contributed by atoms with Crippen LogP contribution in [0.2, 0.25) is 0 Å². The molecule has 14 heavy (non-hydrogen) atoms. The van der Waals surface area contributed by atoms with Gasteiger partial charge in [-0.15, -0.1) is 0 Å². The van der Waals surface area contributed by atoms with Gasteiger partial charge in [0, 0.05) is 5.56 Å². The summed E-state index contributed by atoms with van der Waals surface area (Å²) < 4.78 is 12.6. The van der Waals surface area contributed by atoms with Gasteiger partial charge >= 0.3 is 0 Å². The maximum absolute atomic E-state index is 12.6. The number of carbonyl (C=O) groups is 1. The van der Waals surface area contributed by atoms with Crippen LogP contribution in [0.25, 0.3) is 0 Å². The molecule has 0 spiro atoms. The second-order valence-electron chi connectivity index (χ2n) is 3.71. The van der Waals surface area contributed by atoms with E-state index < -0.39 is 5.54 Å². The molecule has 0 radical (unpaired) electrons. The third-order valence-corrected chi connectivity index (χ3v) is 2.30. The molecule has 1 N–H and O–H groups in total. The van der Waals surface area contributed by atoms with Gasteiger partial charge in [-0.3, -0.25) is 4.79 Å². The third-order valence-electron chi connectivity index (χ3n) is 2.30. The van der Waals surface area contributed by atoms with Crippen LogP contribution in [-0.2, 0) is 0 Å². The van der Waals surface area contributed by atoms with Crippen LogP contribution in [0.5, 0.6) is 0 Å². The van der Waals surface area contributed by atoms with Crippen LogP contribution in [0.1, 0.15) is 24.2 Å². The molecule has 76 valence electrons. The highest BCUT2D eigenvalue weighted by Crippen LogP contribution is 2.12. The smallest absolute Gasteiger partial charge is 0.182 e. The first kappa shape index (κ1) is 10.9. The fourth-order valence-electron chi connectivity index (χ4n) is 1.08. The fraction of sp³-hybridized carbons (Fsp3) is 0.364. The van der Waals surface area contributed by atoms with Crippen LogP contribution in [-0.4, -0.2) is 18.4 Å². The highest BCUT2D eigenvalue weighted by atomic mass is 19.1. The molecule has 0 unspecified atom stereocenters. The number of rotatable bonds is 3. The first-order valence-corrected chi connectivity index (χ1v) is 4.46. The van der Waals surface area contributed by atoms with Gasteiger partial charge in [-0.2, -0.15) is 0 Å². The van der Waals surface area contributed by atoms with Crippen LogP contribution >= 0.6 is 0 Å². The standard InChI is InChI=1S/C11H14FNO/c1-11(2,13-3)10(14)8-4-6-9(12)7-5-8/h4-7,13H,1-3H3. The van der Waals surface area contributed by atoms with Gasteiger partial charge in [0.25, 0.3) is 0 Å². The van der Waals surface area contributed by atoms with Gasteiger partial charge in [-0.1, -0.05) is 0 Å². The zero-order chi connectivity index (χ0) is 10.8. The zero-order valence-electron chi connectivity index (χ0n) is 8.60. The second kappa shape index (κ2) is 3.88.